The minimum absolute atomic E-state index is 0.197. The van der Waals surface area contributed by atoms with E-state index in [0.717, 1.165) is 23.6 Å². The minimum atomic E-state index is 0.197. The highest BCUT2D eigenvalue weighted by molar-refractivity contribution is 7.99. The van der Waals surface area contributed by atoms with Crippen molar-refractivity contribution in [2.45, 2.75) is 26.4 Å². The molecule has 1 aromatic rings. The average molecular weight is 255 g/mol. The third-order valence-corrected chi connectivity index (χ3v) is 3.61. The molecule has 0 fully saturated rings. The van der Waals surface area contributed by atoms with Crippen molar-refractivity contribution < 1.29 is 9.84 Å². The molecule has 0 amide bonds. The molecule has 0 aromatic heterocycles. The van der Waals surface area contributed by atoms with Crippen molar-refractivity contribution in [1.82, 2.24) is 5.32 Å². The summed E-state index contributed by atoms with van der Waals surface area (Å²) >= 11 is 1.93. The number of ether oxygens (including phenoxy) is 1. The third-order valence-electron chi connectivity index (χ3n) is 2.47. The molecule has 2 N–H and O–H groups in total. The summed E-state index contributed by atoms with van der Waals surface area (Å²) in [4.78, 5) is 0. The SMILES string of the molecule is CCSCC(C)NCc1ccc(OC)c(O)c1. The molecule has 0 saturated heterocycles. The Morgan fingerprint density at radius 2 is 2.24 bits per heavy atom. The molecule has 0 saturated carbocycles. The predicted molar refractivity (Wildman–Crippen MR) is 74.0 cm³/mol. The van der Waals surface area contributed by atoms with E-state index >= 15 is 0 Å². The number of methoxy groups -OCH3 is 1. The smallest absolute Gasteiger partial charge is 0.160 e. The number of nitrogens with one attached hydrogen (secondary N) is 1. The van der Waals surface area contributed by atoms with Crippen molar-refractivity contribution >= 4 is 11.8 Å². The largest absolute Gasteiger partial charge is 0.504 e. The fourth-order valence-corrected chi connectivity index (χ4v) is 2.20. The van der Waals surface area contributed by atoms with Gasteiger partial charge >= 0.3 is 0 Å². The molecule has 0 aliphatic carbocycles. The normalized spacial score (nSPS) is 12.4. The van der Waals surface area contributed by atoms with E-state index in [1.165, 1.54) is 0 Å². The molecule has 1 unspecified atom stereocenters. The van der Waals surface area contributed by atoms with Crippen molar-refractivity contribution in [3.05, 3.63) is 23.8 Å². The fourth-order valence-electron chi connectivity index (χ4n) is 1.49. The Morgan fingerprint density at radius 3 is 2.82 bits per heavy atom. The Balaban J connectivity index is 2.44. The average Bonchev–Trinajstić information content (AvgIpc) is 2.34. The van der Waals surface area contributed by atoms with E-state index in [9.17, 15) is 5.11 Å². The molecule has 17 heavy (non-hydrogen) atoms. The van der Waals surface area contributed by atoms with E-state index in [0.29, 0.717) is 11.8 Å². The zero-order valence-electron chi connectivity index (χ0n) is 10.7. The molecule has 0 heterocycles. The maximum absolute atomic E-state index is 9.64. The second-order valence-electron chi connectivity index (χ2n) is 3.95. The summed E-state index contributed by atoms with van der Waals surface area (Å²) in [5.74, 6) is 2.97. The lowest BCUT2D eigenvalue weighted by atomic mass is 10.2. The Hall–Kier alpha value is -0.870. The summed E-state index contributed by atoms with van der Waals surface area (Å²) in [6.45, 7) is 5.11. The van der Waals surface area contributed by atoms with Gasteiger partial charge < -0.3 is 15.2 Å². The fraction of sp³-hybridized carbons (Fsp3) is 0.538. The van der Waals surface area contributed by atoms with Gasteiger partial charge in [0.1, 0.15) is 0 Å². The van der Waals surface area contributed by atoms with Crippen LogP contribution >= 0.6 is 11.8 Å². The van der Waals surface area contributed by atoms with E-state index in [1.807, 2.05) is 17.8 Å². The van der Waals surface area contributed by atoms with E-state index in [2.05, 4.69) is 19.2 Å². The maximum atomic E-state index is 9.64. The first-order valence-corrected chi connectivity index (χ1v) is 6.99. The van der Waals surface area contributed by atoms with Crippen molar-refractivity contribution in [1.29, 1.82) is 0 Å². The van der Waals surface area contributed by atoms with Gasteiger partial charge in [0.15, 0.2) is 11.5 Å². The summed E-state index contributed by atoms with van der Waals surface area (Å²) in [7, 11) is 1.55. The van der Waals surface area contributed by atoms with Crippen LogP contribution in [-0.2, 0) is 6.54 Å². The van der Waals surface area contributed by atoms with Crippen LogP contribution in [0, 0.1) is 0 Å². The molecule has 1 atom stereocenters. The Kier molecular flexibility index (Phi) is 6.22. The number of phenolic OH excluding ortho intramolecular Hbond substituents is 1. The van der Waals surface area contributed by atoms with Gasteiger partial charge in [-0.15, -0.1) is 0 Å². The quantitative estimate of drug-likeness (QED) is 0.786. The molecule has 0 bridgehead atoms. The number of aromatic hydroxyl groups is 1. The summed E-state index contributed by atoms with van der Waals surface area (Å²) in [5.41, 5.74) is 1.07. The highest BCUT2D eigenvalue weighted by Crippen LogP contribution is 2.26. The minimum Gasteiger partial charge on any atom is -0.504 e. The van der Waals surface area contributed by atoms with Crippen molar-refractivity contribution in [2.24, 2.45) is 0 Å². The molecular formula is C13H21NO2S. The van der Waals surface area contributed by atoms with Gasteiger partial charge in [-0.2, -0.15) is 11.8 Å². The first kappa shape index (κ1) is 14.2. The lowest BCUT2D eigenvalue weighted by molar-refractivity contribution is 0.373. The van der Waals surface area contributed by atoms with Crippen LogP contribution in [0.15, 0.2) is 18.2 Å². The van der Waals surface area contributed by atoms with Crippen LogP contribution < -0.4 is 10.1 Å². The second-order valence-corrected chi connectivity index (χ2v) is 5.27. The van der Waals surface area contributed by atoms with Crippen LogP contribution in [0.1, 0.15) is 19.4 Å². The number of hydrogen-bond acceptors (Lipinski definition) is 4. The van der Waals surface area contributed by atoms with Gasteiger partial charge in [0.25, 0.3) is 0 Å². The number of phenols is 1. The van der Waals surface area contributed by atoms with Crippen LogP contribution in [0.5, 0.6) is 11.5 Å². The van der Waals surface area contributed by atoms with Gasteiger partial charge in [-0.05, 0) is 30.4 Å². The Labute approximate surface area is 108 Å². The molecule has 0 aliphatic rings. The maximum Gasteiger partial charge on any atom is 0.160 e. The topological polar surface area (TPSA) is 41.5 Å². The molecule has 1 rings (SSSR count). The molecule has 0 spiro atoms. The zero-order valence-corrected chi connectivity index (χ0v) is 11.5. The van der Waals surface area contributed by atoms with E-state index < -0.39 is 0 Å². The second kappa shape index (κ2) is 7.45. The number of thioether (sulfide) groups is 1. The van der Waals surface area contributed by atoms with Gasteiger partial charge in [0.2, 0.25) is 0 Å². The molecule has 1 aromatic carbocycles. The highest BCUT2D eigenvalue weighted by atomic mass is 32.2. The lowest BCUT2D eigenvalue weighted by Gasteiger charge is -2.13. The molecular weight excluding hydrogens is 234 g/mol. The standard InChI is InChI=1S/C13H21NO2S/c1-4-17-9-10(2)14-8-11-5-6-13(16-3)12(15)7-11/h5-7,10,14-15H,4,8-9H2,1-3H3. The predicted octanol–water partition coefficient (Wildman–Crippen LogP) is 2.63. The first-order chi connectivity index (χ1) is 8.17. The van der Waals surface area contributed by atoms with Gasteiger partial charge in [0.05, 0.1) is 7.11 Å². The lowest BCUT2D eigenvalue weighted by Crippen LogP contribution is -2.27. The summed E-state index contributed by atoms with van der Waals surface area (Å²) < 4.78 is 5.00. The molecule has 0 radical (unpaired) electrons. The van der Waals surface area contributed by atoms with Crippen LogP contribution in [0.3, 0.4) is 0 Å². The van der Waals surface area contributed by atoms with E-state index in [-0.39, 0.29) is 5.75 Å². The molecule has 0 aliphatic heterocycles. The van der Waals surface area contributed by atoms with Gasteiger partial charge in [-0.1, -0.05) is 13.0 Å². The summed E-state index contributed by atoms with van der Waals surface area (Å²) in [5, 5.41) is 13.1. The van der Waals surface area contributed by atoms with E-state index in [4.69, 9.17) is 4.74 Å². The van der Waals surface area contributed by atoms with Crippen molar-refractivity contribution in [3.63, 3.8) is 0 Å². The Morgan fingerprint density at radius 1 is 1.47 bits per heavy atom. The third kappa shape index (κ3) is 4.88. The zero-order chi connectivity index (χ0) is 12.7. The first-order valence-electron chi connectivity index (χ1n) is 5.84. The van der Waals surface area contributed by atoms with Gasteiger partial charge in [-0.25, -0.2) is 0 Å². The number of hydrogen-bond donors (Lipinski definition) is 2. The van der Waals surface area contributed by atoms with Crippen LogP contribution in [0.2, 0.25) is 0 Å². The summed E-state index contributed by atoms with van der Waals surface area (Å²) in [6, 6.07) is 5.97. The highest BCUT2D eigenvalue weighted by Gasteiger charge is 2.04. The van der Waals surface area contributed by atoms with Crippen LogP contribution in [0.4, 0.5) is 0 Å². The monoisotopic (exact) mass is 255 g/mol. The molecule has 4 heteroatoms. The van der Waals surface area contributed by atoms with Crippen LogP contribution in [-0.4, -0.2) is 29.8 Å². The van der Waals surface area contributed by atoms with Crippen molar-refractivity contribution in [2.75, 3.05) is 18.6 Å². The van der Waals surface area contributed by atoms with Crippen molar-refractivity contribution in [3.8, 4) is 11.5 Å². The van der Waals surface area contributed by atoms with Gasteiger partial charge in [-0.3, -0.25) is 0 Å². The number of benzene rings is 1. The molecule has 96 valence electrons. The van der Waals surface area contributed by atoms with E-state index in [1.54, 1.807) is 19.2 Å². The summed E-state index contributed by atoms with van der Waals surface area (Å²) in [6.07, 6.45) is 0. The molecule has 3 nitrogen and oxygen atoms in total. The van der Waals surface area contributed by atoms with Crippen LogP contribution in [0.25, 0.3) is 0 Å². The number of rotatable bonds is 7. The Bertz CT molecular complexity index is 344. The van der Waals surface area contributed by atoms with Gasteiger partial charge in [0, 0.05) is 18.3 Å².